The van der Waals surface area contributed by atoms with Crippen LogP contribution in [-0.2, 0) is 4.79 Å². The Morgan fingerprint density at radius 1 is 1.39 bits per heavy atom. The van der Waals surface area contributed by atoms with Gasteiger partial charge in [-0.1, -0.05) is 28.1 Å². The van der Waals surface area contributed by atoms with Gasteiger partial charge in [-0.15, -0.1) is 0 Å². The molecule has 0 aliphatic rings. The zero-order valence-electron chi connectivity index (χ0n) is 11.4. The minimum Gasteiger partial charge on any atom is -0.342 e. The van der Waals surface area contributed by atoms with Crippen molar-refractivity contribution in [3.05, 3.63) is 34.3 Å². The van der Waals surface area contributed by atoms with E-state index >= 15 is 0 Å². The number of amides is 1. The number of nitrogens with zero attached hydrogens (tertiary/aromatic N) is 1. The maximum atomic E-state index is 11.8. The number of carbonyl (C=O) groups excluding carboxylic acids is 1. The molecule has 0 saturated heterocycles. The summed E-state index contributed by atoms with van der Waals surface area (Å²) < 4.78 is 1.05. The quantitative estimate of drug-likeness (QED) is 0.906. The molecule has 0 aliphatic heterocycles. The molecule has 0 aromatic heterocycles. The highest BCUT2D eigenvalue weighted by molar-refractivity contribution is 9.10. The minimum atomic E-state index is 0.117. The topological polar surface area (TPSA) is 32.3 Å². The summed E-state index contributed by atoms with van der Waals surface area (Å²) in [6, 6.07) is 8.51. The monoisotopic (exact) mass is 312 g/mol. The van der Waals surface area contributed by atoms with Gasteiger partial charge in [-0.05, 0) is 38.5 Å². The molecule has 0 saturated carbocycles. The van der Waals surface area contributed by atoms with Crippen LogP contribution in [0.25, 0.3) is 0 Å². The lowest BCUT2D eigenvalue weighted by molar-refractivity contribution is -0.130. The zero-order valence-corrected chi connectivity index (χ0v) is 13.0. The first-order chi connectivity index (χ1) is 8.41. The van der Waals surface area contributed by atoms with Gasteiger partial charge in [0.25, 0.3) is 0 Å². The molecule has 0 heterocycles. The van der Waals surface area contributed by atoms with E-state index in [2.05, 4.69) is 40.3 Å². The van der Waals surface area contributed by atoms with Crippen molar-refractivity contribution in [3.63, 3.8) is 0 Å². The maximum absolute atomic E-state index is 11.8. The summed E-state index contributed by atoms with van der Waals surface area (Å²) in [5, 5.41) is 3.25. The molecule has 3 nitrogen and oxygen atoms in total. The molecule has 1 rings (SSSR count). The first-order valence-corrected chi connectivity index (χ1v) is 6.95. The fourth-order valence-electron chi connectivity index (χ4n) is 1.55. The molecule has 0 fully saturated rings. The van der Waals surface area contributed by atoms with Gasteiger partial charge in [-0.25, -0.2) is 0 Å². The van der Waals surface area contributed by atoms with Crippen LogP contribution < -0.4 is 5.32 Å². The van der Waals surface area contributed by atoms with E-state index in [1.165, 1.54) is 5.56 Å². The summed E-state index contributed by atoms with van der Waals surface area (Å²) in [5.74, 6) is 0.117. The predicted molar refractivity (Wildman–Crippen MR) is 78.5 cm³/mol. The average molecular weight is 313 g/mol. The number of benzene rings is 1. The molecule has 1 N–H and O–H groups in total. The Balaban J connectivity index is 2.51. The van der Waals surface area contributed by atoms with Crippen LogP contribution in [0.15, 0.2) is 28.7 Å². The second-order valence-corrected chi connectivity index (χ2v) is 5.67. The van der Waals surface area contributed by atoms with Crippen molar-refractivity contribution in [2.45, 2.75) is 32.9 Å². The van der Waals surface area contributed by atoms with Gasteiger partial charge in [0.1, 0.15) is 0 Å². The van der Waals surface area contributed by atoms with Gasteiger partial charge >= 0.3 is 0 Å². The molecule has 100 valence electrons. The van der Waals surface area contributed by atoms with E-state index in [1.54, 1.807) is 4.90 Å². The smallest absolute Gasteiger partial charge is 0.236 e. The van der Waals surface area contributed by atoms with Crippen LogP contribution in [0, 0.1) is 0 Å². The summed E-state index contributed by atoms with van der Waals surface area (Å²) in [6.07, 6.45) is 0. The molecular formula is C14H21BrN2O. The lowest BCUT2D eigenvalue weighted by Gasteiger charge is -2.23. The highest BCUT2D eigenvalue weighted by atomic mass is 79.9. The van der Waals surface area contributed by atoms with E-state index in [1.807, 2.05) is 33.0 Å². The van der Waals surface area contributed by atoms with Crippen molar-refractivity contribution in [1.82, 2.24) is 10.2 Å². The molecular weight excluding hydrogens is 292 g/mol. The lowest BCUT2D eigenvalue weighted by atomic mass is 10.1. The molecule has 0 unspecified atom stereocenters. The fourth-order valence-corrected chi connectivity index (χ4v) is 1.96. The van der Waals surface area contributed by atoms with Crippen molar-refractivity contribution < 1.29 is 4.79 Å². The van der Waals surface area contributed by atoms with Crippen molar-refractivity contribution in [3.8, 4) is 0 Å². The molecule has 0 aliphatic carbocycles. The number of hydrogen-bond donors (Lipinski definition) is 1. The third kappa shape index (κ3) is 4.42. The Bertz CT molecular complexity index is 407. The van der Waals surface area contributed by atoms with Crippen LogP contribution >= 0.6 is 15.9 Å². The SMILES string of the molecule is CC(C)N(C)C(=O)CN[C@@H](C)c1cccc(Br)c1. The highest BCUT2D eigenvalue weighted by Crippen LogP contribution is 2.17. The normalized spacial score (nSPS) is 12.6. The second-order valence-electron chi connectivity index (χ2n) is 4.76. The molecule has 0 radical (unpaired) electrons. The summed E-state index contributed by atoms with van der Waals surface area (Å²) in [5.41, 5.74) is 1.17. The summed E-state index contributed by atoms with van der Waals surface area (Å²) >= 11 is 3.45. The van der Waals surface area contributed by atoms with Crippen LogP contribution in [-0.4, -0.2) is 30.4 Å². The molecule has 1 atom stereocenters. The third-order valence-corrected chi connectivity index (χ3v) is 3.57. The van der Waals surface area contributed by atoms with Crippen molar-refractivity contribution in [2.75, 3.05) is 13.6 Å². The van der Waals surface area contributed by atoms with Crippen LogP contribution in [0.1, 0.15) is 32.4 Å². The van der Waals surface area contributed by atoms with Gasteiger partial charge in [-0.2, -0.15) is 0 Å². The van der Waals surface area contributed by atoms with Gasteiger partial charge in [-0.3, -0.25) is 4.79 Å². The molecule has 4 heteroatoms. The lowest BCUT2D eigenvalue weighted by Crippen LogP contribution is -2.40. The Morgan fingerprint density at radius 3 is 2.61 bits per heavy atom. The summed E-state index contributed by atoms with van der Waals surface area (Å²) in [7, 11) is 1.83. The van der Waals surface area contributed by atoms with Gasteiger partial charge in [0, 0.05) is 23.6 Å². The zero-order chi connectivity index (χ0) is 13.7. The van der Waals surface area contributed by atoms with Gasteiger partial charge in [0.2, 0.25) is 5.91 Å². The van der Waals surface area contributed by atoms with Crippen LogP contribution in [0.5, 0.6) is 0 Å². The number of likely N-dealkylation sites (N-methyl/N-ethyl adjacent to an activating group) is 1. The predicted octanol–water partition coefficient (Wildman–Crippen LogP) is 2.97. The maximum Gasteiger partial charge on any atom is 0.236 e. The average Bonchev–Trinajstić information content (AvgIpc) is 2.34. The third-order valence-electron chi connectivity index (χ3n) is 3.08. The number of rotatable bonds is 5. The standard InChI is InChI=1S/C14H21BrN2O/c1-10(2)17(4)14(18)9-16-11(3)12-6-5-7-13(15)8-12/h5-8,10-11,16H,9H2,1-4H3/t11-/m0/s1. The van der Waals surface area contributed by atoms with Crippen molar-refractivity contribution in [2.24, 2.45) is 0 Å². The number of hydrogen-bond acceptors (Lipinski definition) is 2. The summed E-state index contributed by atoms with van der Waals surface area (Å²) in [4.78, 5) is 13.6. The molecule has 1 aromatic carbocycles. The first kappa shape index (κ1) is 15.2. The second kappa shape index (κ2) is 6.90. The van der Waals surface area contributed by atoms with Gasteiger partial charge in [0.15, 0.2) is 0 Å². The Kier molecular flexibility index (Phi) is 5.82. The number of nitrogens with one attached hydrogen (secondary N) is 1. The van der Waals surface area contributed by atoms with Gasteiger partial charge in [0.05, 0.1) is 6.54 Å². The molecule has 1 amide bonds. The van der Waals surface area contributed by atoms with Crippen molar-refractivity contribution in [1.29, 1.82) is 0 Å². The largest absolute Gasteiger partial charge is 0.342 e. The first-order valence-electron chi connectivity index (χ1n) is 6.16. The molecule has 0 spiro atoms. The minimum absolute atomic E-state index is 0.117. The Labute approximate surface area is 118 Å². The van der Waals surface area contributed by atoms with Crippen LogP contribution in [0.2, 0.25) is 0 Å². The van der Waals surface area contributed by atoms with E-state index in [9.17, 15) is 4.79 Å². The number of carbonyl (C=O) groups is 1. The molecule has 18 heavy (non-hydrogen) atoms. The fraction of sp³-hybridized carbons (Fsp3) is 0.500. The van der Waals surface area contributed by atoms with E-state index in [-0.39, 0.29) is 18.0 Å². The van der Waals surface area contributed by atoms with Crippen LogP contribution in [0.4, 0.5) is 0 Å². The Hall–Kier alpha value is -0.870. The van der Waals surface area contributed by atoms with E-state index < -0.39 is 0 Å². The molecule has 0 bridgehead atoms. The summed E-state index contributed by atoms with van der Waals surface area (Å²) in [6.45, 7) is 6.44. The van der Waals surface area contributed by atoms with Crippen LogP contribution in [0.3, 0.4) is 0 Å². The Morgan fingerprint density at radius 2 is 2.06 bits per heavy atom. The van der Waals surface area contributed by atoms with Crippen molar-refractivity contribution >= 4 is 21.8 Å². The number of halogens is 1. The van der Waals surface area contributed by atoms with E-state index in [0.717, 1.165) is 4.47 Å². The molecule has 1 aromatic rings. The van der Waals surface area contributed by atoms with Gasteiger partial charge < -0.3 is 10.2 Å². The highest BCUT2D eigenvalue weighted by Gasteiger charge is 2.13. The van der Waals surface area contributed by atoms with E-state index in [0.29, 0.717) is 6.54 Å². The van der Waals surface area contributed by atoms with E-state index in [4.69, 9.17) is 0 Å².